The Morgan fingerprint density at radius 1 is 1.41 bits per heavy atom. The van der Waals surface area contributed by atoms with Gasteiger partial charge in [0.05, 0.1) is 17.0 Å². The second kappa shape index (κ2) is 6.30. The van der Waals surface area contributed by atoms with Gasteiger partial charge >= 0.3 is 6.18 Å². The van der Waals surface area contributed by atoms with Gasteiger partial charge in [0, 0.05) is 28.3 Å². The molecule has 0 saturated carbocycles. The monoisotopic (exact) mass is 339 g/mol. The molecule has 0 heterocycles. The summed E-state index contributed by atoms with van der Waals surface area (Å²) in [6.45, 7) is -0.523. The van der Waals surface area contributed by atoms with Crippen LogP contribution in [-0.2, 0) is 20.7 Å². The molecule has 0 spiro atoms. The van der Waals surface area contributed by atoms with E-state index in [-0.39, 0.29) is 5.69 Å². The molecular weight excluding hydrogens is 327 g/mol. The number of hydrogen-bond donors (Lipinski definition) is 1. The normalized spacial score (nSPS) is 11.9. The van der Waals surface area contributed by atoms with Crippen molar-refractivity contribution in [2.75, 3.05) is 24.4 Å². The number of carbonyl (C=O) groups excluding carboxylic acids is 1. The molecule has 0 aliphatic heterocycles. The first-order valence-corrected chi connectivity index (χ1v) is 8.03. The van der Waals surface area contributed by atoms with Gasteiger partial charge in [0.25, 0.3) is 11.6 Å². The molecule has 0 aliphatic rings. The first-order chi connectivity index (χ1) is 9.90. The van der Waals surface area contributed by atoms with E-state index in [0.717, 1.165) is 6.07 Å². The highest BCUT2D eigenvalue weighted by molar-refractivity contribution is 7.92. The molecular formula is C11H12F3N3O4S. The van der Waals surface area contributed by atoms with Gasteiger partial charge in [0.2, 0.25) is 0 Å². The van der Waals surface area contributed by atoms with Gasteiger partial charge < -0.3 is 5.32 Å². The Bertz CT molecular complexity index is 716. The lowest BCUT2D eigenvalue weighted by Gasteiger charge is -2.09. The Morgan fingerprint density at radius 2 is 2.00 bits per heavy atom. The van der Waals surface area contributed by atoms with Crippen LogP contribution in [0.2, 0.25) is 0 Å². The van der Waals surface area contributed by atoms with Gasteiger partial charge in [-0.25, -0.2) is 4.21 Å². The van der Waals surface area contributed by atoms with Gasteiger partial charge in [-0.3, -0.25) is 14.9 Å². The van der Waals surface area contributed by atoms with Crippen LogP contribution in [0.1, 0.15) is 5.56 Å². The van der Waals surface area contributed by atoms with E-state index in [1.54, 1.807) is 0 Å². The molecule has 1 amide bonds. The number of benzene rings is 1. The molecule has 1 N–H and O–H groups in total. The first kappa shape index (κ1) is 17.9. The van der Waals surface area contributed by atoms with Crippen LogP contribution < -0.4 is 5.32 Å². The first-order valence-electron chi connectivity index (χ1n) is 5.69. The lowest BCUT2D eigenvalue weighted by atomic mass is 10.1. The molecule has 0 atom stereocenters. The average molecular weight is 339 g/mol. The second-order valence-corrected chi connectivity index (χ2v) is 7.05. The van der Waals surface area contributed by atoms with Crippen molar-refractivity contribution in [1.82, 2.24) is 0 Å². The van der Waals surface area contributed by atoms with Crippen LogP contribution in [0.4, 0.5) is 24.5 Å². The summed E-state index contributed by atoms with van der Waals surface area (Å²) in [5.74, 6) is -0.829. The number of rotatable bonds is 4. The summed E-state index contributed by atoms with van der Waals surface area (Å²) in [5.41, 5.74) is -2.26. The maximum atomic E-state index is 12.5. The van der Waals surface area contributed by atoms with Gasteiger partial charge in [0.15, 0.2) is 0 Å². The second-order valence-electron chi connectivity index (χ2n) is 4.51. The standard InChI is InChI=1S/C11H12F3N3O4S/c1-22(2,21)16-10(18)6-15-8-4-3-7(11(12,13)14)5-9(8)17(19)20/h3-5,15H,6H2,1-2H3. The zero-order chi connectivity index (χ0) is 17.1. The molecule has 0 aromatic heterocycles. The summed E-state index contributed by atoms with van der Waals surface area (Å²) in [5, 5.41) is 13.1. The number of halogens is 3. The molecule has 22 heavy (non-hydrogen) atoms. The van der Waals surface area contributed by atoms with Crippen LogP contribution in [0.5, 0.6) is 0 Å². The SMILES string of the molecule is CS(C)(=O)=NC(=O)CNc1ccc(C(F)(F)F)cc1[N+](=O)[O-]. The number of nitrogens with one attached hydrogen (secondary N) is 1. The van der Waals surface area contributed by atoms with Gasteiger partial charge in [-0.05, 0) is 12.1 Å². The zero-order valence-electron chi connectivity index (χ0n) is 11.5. The van der Waals surface area contributed by atoms with Crippen LogP contribution in [-0.4, -0.2) is 34.1 Å². The fraction of sp³-hybridized carbons (Fsp3) is 0.364. The average Bonchev–Trinajstić information content (AvgIpc) is 2.32. The number of nitrogens with zero attached hydrogens (tertiary/aromatic N) is 2. The lowest BCUT2D eigenvalue weighted by Crippen LogP contribution is -2.15. The Morgan fingerprint density at radius 3 is 2.45 bits per heavy atom. The number of alkyl halides is 3. The van der Waals surface area contributed by atoms with Crippen molar-refractivity contribution in [2.24, 2.45) is 4.36 Å². The number of carbonyl (C=O) groups is 1. The molecule has 0 radical (unpaired) electrons. The van der Waals surface area contributed by atoms with E-state index in [4.69, 9.17) is 0 Å². The van der Waals surface area contributed by atoms with Gasteiger partial charge in [-0.1, -0.05) is 0 Å². The summed E-state index contributed by atoms with van der Waals surface area (Å²) in [7, 11) is -2.68. The van der Waals surface area contributed by atoms with E-state index in [2.05, 4.69) is 9.68 Å². The maximum Gasteiger partial charge on any atom is 0.416 e. The molecule has 0 bridgehead atoms. The lowest BCUT2D eigenvalue weighted by molar-refractivity contribution is -0.384. The van der Waals surface area contributed by atoms with Crippen LogP contribution in [0.15, 0.2) is 22.6 Å². The van der Waals surface area contributed by atoms with E-state index < -0.39 is 44.5 Å². The molecule has 1 aromatic carbocycles. The molecule has 0 unspecified atom stereocenters. The highest BCUT2D eigenvalue weighted by Gasteiger charge is 2.33. The van der Waals surface area contributed by atoms with Crippen molar-refractivity contribution in [3.63, 3.8) is 0 Å². The fourth-order valence-electron chi connectivity index (χ4n) is 1.46. The number of nitro groups is 1. The number of amides is 1. The third kappa shape index (κ3) is 5.31. The summed E-state index contributed by atoms with van der Waals surface area (Å²) < 4.78 is 52.2. The minimum atomic E-state index is -4.72. The number of nitro benzene ring substituents is 1. The number of anilines is 1. The predicted octanol–water partition coefficient (Wildman–Crippen LogP) is 2.28. The van der Waals surface area contributed by atoms with Crippen LogP contribution >= 0.6 is 0 Å². The molecule has 1 rings (SSSR count). The zero-order valence-corrected chi connectivity index (χ0v) is 12.3. The highest BCUT2D eigenvalue weighted by Crippen LogP contribution is 2.34. The van der Waals surface area contributed by atoms with Crippen LogP contribution in [0.3, 0.4) is 0 Å². The Labute approximate surface area is 123 Å². The van der Waals surface area contributed by atoms with E-state index in [0.29, 0.717) is 12.1 Å². The van der Waals surface area contributed by atoms with Crippen molar-refractivity contribution in [3.8, 4) is 0 Å². The van der Waals surface area contributed by atoms with Crippen molar-refractivity contribution >= 4 is 27.0 Å². The minimum absolute atomic E-state index is 0.264. The van der Waals surface area contributed by atoms with Gasteiger partial charge in [-0.15, -0.1) is 0 Å². The van der Waals surface area contributed by atoms with Crippen molar-refractivity contribution < 1.29 is 27.1 Å². The predicted molar refractivity (Wildman–Crippen MR) is 74.0 cm³/mol. The summed E-state index contributed by atoms with van der Waals surface area (Å²) in [6, 6.07) is 1.87. The molecule has 11 heteroatoms. The largest absolute Gasteiger partial charge is 0.416 e. The molecule has 0 fully saturated rings. The third-order valence-corrected chi connectivity index (χ3v) is 2.92. The molecule has 0 saturated heterocycles. The highest BCUT2D eigenvalue weighted by atomic mass is 32.2. The third-order valence-electron chi connectivity index (χ3n) is 2.27. The topological polar surface area (TPSA) is 102 Å². The molecule has 122 valence electrons. The quantitative estimate of drug-likeness (QED) is 0.670. The van der Waals surface area contributed by atoms with E-state index in [9.17, 15) is 32.3 Å². The van der Waals surface area contributed by atoms with Gasteiger partial charge in [-0.2, -0.15) is 17.5 Å². The van der Waals surface area contributed by atoms with E-state index in [1.807, 2.05) is 0 Å². The minimum Gasteiger partial charge on any atom is -0.370 e. The van der Waals surface area contributed by atoms with Crippen molar-refractivity contribution in [3.05, 3.63) is 33.9 Å². The Balaban J connectivity index is 3.04. The van der Waals surface area contributed by atoms with Crippen LogP contribution in [0, 0.1) is 10.1 Å². The molecule has 0 aliphatic carbocycles. The van der Waals surface area contributed by atoms with Crippen molar-refractivity contribution in [2.45, 2.75) is 6.18 Å². The van der Waals surface area contributed by atoms with E-state index >= 15 is 0 Å². The maximum absolute atomic E-state index is 12.5. The smallest absolute Gasteiger partial charge is 0.370 e. The van der Waals surface area contributed by atoms with Gasteiger partial charge in [0.1, 0.15) is 5.69 Å². The summed E-state index contributed by atoms with van der Waals surface area (Å²) in [4.78, 5) is 21.2. The summed E-state index contributed by atoms with van der Waals surface area (Å²) >= 11 is 0. The molecule has 1 aromatic rings. The fourth-order valence-corrected chi connectivity index (χ4v) is 2.01. The Kier molecular flexibility index (Phi) is 5.12. The number of hydrogen-bond acceptors (Lipinski definition) is 5. The molecule has 7 nitrogen and oxygen atoms in total. The van der Waals surface area contributed by atoms with Crippen molar-refractivity contribution in [1.29, 1.82) is 0 Å². The summed E-state index contributed by atoms with van der Waals surface area (Å²) in [6.07, 6.45) is -2.26. The Hall–Kier alpha value is -2.17. The van der Waals surface area contributed by atoms with Crippen LogP contribution in [0.25, 0.3) is 0 Å². The van der Waals surface area contributed by atoms with E-state index in [1.165, 1.54) is 12.5 Å².